The molecule has 1 aliphatic rings. The van der Waals surface area contributed by atoms with Crippen LogP contribution >= 0.6 is 0 Å². The Kier molecular flexibility index (Phi) is 3.79. The summed E-state index contributed by atoms with van der Waals surface area (Å²) >= 11 is 0. The van der Waals surface area contributed by atoms with Gasteiger partial charge in [-0.3, -0.25) is 9.69 Å². The number of carbonyl (C=O) groups is 1. The molecule has 92 valence electrons. The van der Waals surface area contributed by atoms with Gasteiger partial charge in [0.05, 0.1) is 6.42 Å². The molecule has 2 rings (SSSR count). The van der Waals surface area contributed by atoms with E-state index in [9.17, 15) is 4.79 Å². The molecule has 3 heteroatoms. The average Bonchev–Trinajstić information content (AvgIpc) is 2.69. The Morgan fingerprint density at radius 2 is 2.12 bits per heavy atom. The van der Waals surface area contributed by atoms with Crippen molar-refractivity contribution in [2.24, 2.45) is 0 Å². The van der Waals surface area contributed by atoms with Gasteiger partial charge in [-0.1, -0.05) is 30.3 Å². The molecule has 0 spiro atoms. The van der Waals surface area contributed by atoms with E-state index in [2.05, 4.69) is 36.1 Å². The zero-order valence-corrected chi connectivity index (χ0v) is 10.2. The standard InChI is InChI=1S/C14H19NO2/c1-11-9-13(12-5-3-2-4-6-12)10-15(11)8-7-14(16)17/h2-6,11,13H,7-10H2,1H3,(H,16,17)/t11-,13+/m1/s1. The highest BCUT2D eigenvalue weighted by molar-refractivity contribution is 5.66. The molecule has 0 aliphatic carbocycles. The van der Waals surface area contributed by atoms with Crippen molar-refractivity contribution >= 4 is 5.97 Å². The fourth-order valence-electron chi connectivity index (χ4n) is 2.62. The summed E-state index contributed by atoms with van der Waals surface area (Å²) in [6, 6.07) is 11.0. The van der Waals surface area contributed by atoms with Crippen LogP contribution in [-0.4, -0.2) is 35.1 Å². The summed E-state index contributed by atoms with van der Waals surface area (Å²) in [5.41, 5.74) is 1.37. The fraction of sp³-hybridized carbons (Fsp3) is 0.500. The van der Waals surface area contributed by atoms with Crippen molar-refractivity contribution in [3.05, 3.63) is 35.9 Å². The van der Waals surface area contributed by atoms with E-state index < -0.39 is 5.97 Å². The topological polar surface area (TPSA) is 40.5 Å². The maximum Gasteiger partial charge on any atom is 0.304 e. The normalized spacial score (nSPS) is 25.0. The van der Waals surface area contributed by atoms with Crippen molar-refractivity contribution in [2.75, 3.05) is 13.1 Å². The van der Waals surface area contributed by atoms with Gasteiger partial charge in [0.2, 0.25) is 0 Å². The molecule has 1 aromatic carbocycles. The fourth-order valence-corrected chi connectivity index (χ4v) is 2.62. The minimum Gasteiger partial charge on any atom is -0.481 e. The molecular formula is C14H19NO2. The van der Waals surface area contributed by atoms with Crippen LogP contribution in [0.5, 0.6) is 0 Å². The monoisotopic (exact) mass is 233 g/mol. The molecule has 0 saturated carbocycles. The lowest BCUT2D eigenvalue weighted by atomic mass is 9.97. The number of benzene rings is 1. The van der Waals surface area contributed by atoms with E-state index in [1.165, 1.54) is 5.56 Å². The number of carboxylic acid groups (broad SMARTS) is 1. The van der Waals surface area contributed by atoms with Crippen LogP contribution in [0.25, 0.3) is 0 Å². The first kappa shape index (κ1) is 12.1. The van der Waals surface area contributed by atoms with Gasteiger partial charge in [0.25, 0.3) is 0 Å². The van der Waals surface area contributed by atoms with Crippen molar-refractivity contribution in [1.29, 1.82) is 0 Å². The maximum atomic E-state index is 10.6. The lowest BCUT2D eigenvalue weighted by Crippen LogP contribution is -2.29. The van der Waals surface area contributed by atoms with Crippen LogP contribution in [0.3, 0.4) is 0 Å². The summed E-state index contributed by atoms with van der Waals surface area (Å²) in [6.45, 7) is 3.84. The number of likely N-dealkylation sites (tertiary alicyclic amines) is 1. The lowest BCUT2D eigenvalue weighted by molar-refractivity contribution is -0.137. The molecule has 17 heavy (non-hydrogen) atoms. The van der Waals surface area contributed by atoms with E-state index in [1.54, 1.807) is 0 Å². The Labute approximate surface area is 102 Å². The van der Waals surface area contributed by atoms with Crippen molar-refractivity contribution in [3.8, 4) is 0 Å². The van der Waals surface area contributed by atoms with E-state index in [1.807, 2.05) is 6.07 Å². The summed E-state index contributed by atoms with van der Waals surface area (Å²) < 4.78 is 0. The summed E-state index contributed by atoms with van der Waals surface area (Å²) in [6.07, 6.45) is 1.37. The number of aliphatic carboxylic acids is 1. The van der Waals surface area contributed by atoms with Crippen LogP contribution in [0.4, 0.5) is 0 Å². The first-order chi connectivity index (χ1) is 8.16. The number of carboxylic acids is 1. The van der Waals surface area contributed by atoms with Gasteiger partial charge < -0.3 is 5.11 Å². The van der Waals surface area contributed by atoms with E-state index in [0.29, 0.717) is 18.5 Å². The summed E-state index contributed by atoms with van der Waals surface area (Å²) in [5, 5.41) is 8.72. The second-order valence-corrected chi connectivity index (χ2v) is 4.83. The summed E-state index contributed by atoms with van der Waals surface area (Å²) in [4.78, 5) is 12.9. The first-order valence-corrected chi connectivity index (χ1v) is 6.17. The molecular weight excluding hydrogens is 214 g/mol. The van der Waals surface area contributed by atoms with Gasteiger partial charge in [-0.05, 0) is 24.8 Å². The molecule has 1 fully saturated rings. The van der Waals surface area contributed by atoms with E-state index in [4.69, 9.17) is 5.11 Å². The maximum absolute atomic E-state index is 10.6. The number of hydrogen-bond acceptors (Lipinski definition) is 2. The largest absolute Gasteiger partial charge is 0.481 e. The zero-order chi connectivity index (χ0) is 12.3. The molecule has 1 heterocycles. The van der Waals surface area contributed by atoms with Crippen LogP contribution < -0.4 is 0 Å². The van der Waals surface area contributed by atoms with Crippen LogP contribution in [0.2, 0.25) is 0 Å². The van der Waals surface area contributed by atoms with Crippen molar-refractivity contribution in [1.82, 2.24) is 4.90 Å². The smallest absolute Gasteiger partial charge is 0.304 e. The Hall–Kier alpha value is -1.35. The molecule has 1 aromatic rings. The SMILES string of the molecule is C[C@@H]1C[C@H](c2ccccc2)CN1CCC(=O)O. The molecule has 3 nitrogen and oxygen atoms in total. The highest BCUT2D eigenvalue weighted by Crippen LogP contribution is 2.31. The molecule has 0 amide bonds. The minimum absolute atomic E-state index is 0.242. The molecule has 1 N–H and O–H groups in total. The van der Waals surface area contributed by atoms with Crippen LogP contribution in [0.15, 0.2) is 30.3 Å². The predicted octanol–water partition coefficient (Wildman–Crippen LogP) is 2.34. The van der Waals surface area contributed by atoms with E-state index >= 15 is 0 Å². The number of rotatable bonds is 4. The third kappa shape index (κ3) is 3.07. The Balaban J connectivity index is 1.95. The molecule has 1 saturated heterocycles. The lowest BCUT2D eigenvalue weighted by Gasteiger charge is -2.19. The van der Waals surface area contributed by atoms with E-state index in [-0.39, 0.29) is 6.42 Å². The first-order valence-electron chi connectivity index (χ1n) is 6.17. The third-order valence-corrected chi connectivity index (χ3v) is 3.59. The Morgan fingerprint density at radius 3 is 2.76 bits per heavy atom. The van der Waals surface area contributed by atoms with Gasteiger partial charge in [0.1, 0.15) is 0 Å². The third-order valence-electron chi connectivity index (χ3n) is 3.59. The quantitative estimate of drug-likeness (QED) is 0.867. The van der Waals surface area contributed by atoms with Crippen LogP contribution in [0.1, 0.15) is 31.2 Å². The molecule has 0 unspecified atom stereocenters. The molecule has 0 aromatic heterocycles. The highest BCUT2D eigenvalue weighted by Gasteiger charge is 2.29. The summed E-state index contributed by atoms with van der Waals surface area (Å²) in [5.74, 6) is -0.152. The molecule has 1 aliphatic heterocycles. The summed E-state index contributed by atoms with van der Waals surface area (Å²) in [7, 11) is 0. The average molecular weight is 233 g/mol. The molecule has 0 radical (unpaired) electrons. The predicted molar refractivity (Wildman–Crippen MR) is 67.1 cm³/mol. The van der Waals surface area contributed by atoms with Crippen molar-refractivity contribution in [3.63, 3.8) is 0 Å². The van der Waals surface area contributed by atoms with Crippen LogP contribution in [-0.2, 0) is 4.79 Å². The highest BCUT2D eigenvalue weighted by atomic mass is 16.4. The van der Waals surface area contributed by atoms with Gasteiger partial charge in [0.15, 0.2) is 0 Å². The van der Waals surface area contributed by atoms with Gasteiger partial charge in [0, 0.05) is 19.1 Å². The van der Waals surface area contributed by atoms with Crippen LogP contribution in [0, 0.1) is 0 Å². The molecule has 0 bridgehead atoms. The Bertz CT molecular complexity index is 377. The second-order valence-electron chi connectivity index (χ2n) is 4.83. The molecule has 2 atom stereocenters. The van der Waals surface area contributed by atoms with Gasteiger partial charge >= 0.3 is 5.97 Å². The Morgan fingerprint density at radius 1 is 1.41 bits per heavy atom. The number of hydrogen-bond donors (Lipinski definition) is 1. The minimum atomic E-state index is -0.708. The van der Waals surface area contributed by atoms with Crippen molar-refractivity contribution < 1.29 is 9.90 Å². The van der Waals surface area contributed by atoms with E-state index in [0.717, 1.165) is 13.0 Å². The zero-order valence-electron chi connectivity index (χ0n) is 10.2. The van der Waals surface area contributed by atoms with Gasteiger partial charge in [-0.15, -0.1) is 0 Å². The van der Waals surface area contributed by atoms with Gasteiger partial charge in [-0.2, -0.15) is 0 Å². The second kappa shape index (κ2) is 5.32. The number of nitrogens with zero attached hydrogens (tertiary/aromatic N) is 1. The van der Waals surface area contributed by atoms with Crippen molar-refractivity contribution in [2.45, 2.75) is 31.7 Å². The van der Waals surface area contributed by atoms with Gasteiger partial charge in [-0.25, -0.2) is 0 Å².